The van der Waals surface area contributed by atoms with E-state index < -0.39 is 0 Å². The fourth-order valence-corrected chi connectivity index (χ4v) is 2.73. The molecule has 0 spiro atoms. The Bertz CT molecular complexity index is 901. The summed E-state index contributed by atoms with van der Waals surface area (Å²) in [4.78, 5) is 20.5. The van der Waals surface area contributed by atoms with Crippen molar-refractivity contribution in [2.75, 3.05) is 11.9 Å². The van der Waals surface area contributed by atoms with Crippen LogP contribution in [0.25, 0.3) is 16.9 Å². The van der Waals surface area contributed by atoms with Crippen molar-refractivity contribution in [3.8, 4) is 11.3 Å². The van der Waals surface area contributed by atoms with Gasteiger partial charge in [-0.15, -0.1) is 0 Å². The molecule has 2 N–H and O–H groups in total. The summed E-state index contributed by atoms with van der Waals surface area (Å²) >= 11 is 0. The minimum absolute atomic E-state index is 0.0224. The molecule has 6 heteroatoms. The van der Waals surface area contributed by atoms with E-state index in [0.29, 0.717) is 17.0 Å². The molecule has 1 atom stereocenters. The van der Waals surface area contributed by atoms with Crippen LogP contribution in [-0.4, -0.2) is 37.9 Å². The molecule has 0 saturated heterocycles. The number of hydrogen-bond donors (Lipinski definition) is 2. The van der Waals surface area contributed by atoms with E-state index in [2.05, 4.69) is 15.3 Å². The summed E-state index contributed by atoms with van der Waals surface area (Å²) in [6, 6.07) is 7.39. The summed E-state index contributed by atoms with van der Waals surface area (Å²) in [6.45, 7) is 5.66. The molecule has 6 nitrogen and oxygen atoms in total. The first kappa shape index (κ1) is 17.1. The van der Waals surface area contributed by atoms with Gasteiger partial charge in [0.1, 0.15) is 0 Å². The van der Waals surface area contributed by atoms with E-state index >= 15 is 0 Å². The summed E-state index contributed by atoms with van der Waals surface area (Å²) in [5.74, 6) is 0.917. The maximum atomic E-state index is 11.6. The lowest BCUT2D eigenvalue weighted by molar-refractivity contribution is 0.101. The summed E-state index contributed by atoms with van der Waals surface area (Å²) in [5.41, 5.74) is 3.15. The summed E-state index contributed by atoms with van der Waals surface area (Å²) in [7, 11) is 0. The highest BCUT2D eigenvalue weighted by Gasteiger charge is 2.16. The van der Waals surface area contributed by atoms with Crippen LogP contribution in [0.1, 0.15) is 31.1 Å². The molecule has 0 bridgehead atoms. The largest absolute Gasteiger partial charge is 0.394 e. The molecule has 0 aliphatic heterocycles. The molecule has 1 unspecified atom stereocenters. The van der Waals surface area contributed by atoms with Crippen LogP contribution >= 0.6 is 0 Å². The molecule has 0 amide bonds. The molecular weight excluding hydrogens is 316 g/mol. The van der Waals surface area contributed by atoms with E-state index in [1.54, 1.807) is 25.4 Å². The van der Waals surface area contributed by atoms with E-state index in [0.717, 1.165) is 11.3 Å². The SMILES string of the molecule is CC(=O)c1cccc(-c2cnc3c(NC(CO)C(C)C)nccn23)c1. The Kier molecular flexibility index (Phi) is 4.81. The van der Waals surface area contributed by atoms with Crippen molar-refractivity contribution in [3.63, 3.8) is 0 Å². The van der Waals surface area contributed by atoms with Gasteiger partial charge in [0.2, 0.25) is 0 Å². The Labute approximate surface area is 146 Å². The van der Waals surface area contributed by atoms with Crippen molar-refractivity contribution in [3.05, 3.63) is 48.4 Å². The normalized spacial score (nSPS) is 12.5. The Balaban J connectivity index is 2.04. The minimum atomic E-state index is -0.0973. The molecule has 0 aliphatic carbocycles. The average Bonchev–Trinajstić information content (AvgIpc) is 3.04. The monoisotopic (exact) mass is 338 g/mol. The Morgan fingerprint density at radius 1 is 1.32 bits per heavy atom. The number of imidazole rings is 1. The number of fused-ring (bicyclic) bond motifs is 1. The van der Waals surface area contributed by atoms with Crippen molar-refractivity contribution >= 4 is 17.2 Å². The molecule has 3 aromatic rings. The molecule has 0 fully saturated rings. The van der Waals surface area contributed by atoms with Gasteiger partial charge < -0.3 is 10.4 Å². The van der Waals surface area contributed by atoms with Crippen molar-refractivity contribution in [1.29, 1.82) is 0 Å². The number of hydrogen-bond acceptors (Lipinski definition) is 5. The molecule has 25 heavy (non-hydrogen) atoms. The van der Waals surface area contributed by atoms with Gasteiger partial charge in [0.05, 0.1) is 24.5 Å². The first-order chi connectivity index (χ1) is 12.0. The number of rotatable bonds is 6. The second-order valence-electron chi connectivity index (χ2n) is 6.43. The van der Waals surface area contributed by atoms with E-state index in [4.69, 9.17) is 0 Å². The van der Waals surface area contributed by atoms with Crippen molar-refractivity contribution in [1.82, 2.24) is 14.4 Å². The predicted octanol–water partition coefficient (Wildman–Crippen LogP) is 3.03. The molecule has 0 radical (unpaired) electrons. The number of nitrogens with zero attached hydrogens (tertiary/aromatic N) is 3. The van der Waals surface area contributed by atoms with Gasteiger partial charge >= 0.3 is 0 Å². The van der Waals surface area contributed by atoms with Gasteiger partial charge in [-0.05, 0) is 18.9 Å². The van der Waals surface area contributed by atoms with Crippen LogP contribution in [0.5, 0.6) is 0 Å². The quantitative estimate of drug-likeness (QED) is 0.675. The molecule has 130 valence electrons. The average molecular weight is 338 g/mol. The fraction of sp³-hybridized carbons (Fsp3) is 0.316. The van der Waals surface area contributed by atoms with Crippen LogP contribution in [0.4, 0.5) is 5.82 Å². The van der Waals surface area contributed by atoms with Crippen LogP contribution in [0.3, 0.4) is 0 Å². The van der Waals surface area contributed by atoms with Crippen LogP contribution in [0.15, 0.2) is 42.9 Å². The van der Waals surface area contributed by atoms with E-state index in [-0.39, 0.29) is 24.3 Å². The van der Waals surface area contributed by atoms with Crippen LogP contribution < -0.4 is 5.32 Å². The van der Waals surface area contributed by atoms with Crippen molar-refractivity contribution in [2.24, 2.45) is 5.92 Å². The minimum Gasteiger partial charge on any atom is -0.394 e. The highest BCUT2D eigenvalue weighted by atomic mass is 16.3. The number of benzene rings is 1. The van der Waals surface area contributed by atoms with Gasteiger partial charge in [-0.2, -0.15) is 0 Å². The maximum absolute atomic E-state index is 11.6. The topological polar surface area (TPSA) is 79.5 Å². The zero-order valence-electron chi connectivity index (χ0n) is 14.6. The summed E-state index contributed by atoms with van der Waals surface area (Å²) in [5, 5.41) is 12.8. The van der Waals surface area contributed by atoms with Crippen LogP contribution in [-0.2, 0) is 0 Å². The zero-order chi connectivity index (χ0) is 18.0. The molecule has 2 aromatic heterocycles. The van der Waals surface area contributed by atoms with E-state index in [9.17, 15) is 9.90 Å². The zero-order valence-corrected chi connectivity index (χ0v) is 14.6. The highest BCUT2D eigenvalue weighted by molar-refractivity contribution is 5.95. The number of aliphatic hydroxyl groups is 1. The lowest BCUT2D eigenvalue weighted by Crippen LogP contribution is -2.30. The molecule has 0 saturated carbocycles. The second kappa shape index (κ2) is 7.03. The summed E-state index contributed by atoms with van der Waals surface area (Å²) in [6.07, 6.45) is 5.31. The first-order valence-electron chi connectivity index (χ1n) is 8.32. The lowest BCUT2D eigenvalue weighted by Gasteiger charge is -2.20. The Morgan fingerprint density at radius 3 is 2.80 bits per heavy atom. The number of anilines is 1. The third-order valence-electron chi connectivity index (χ3n) is 4.32. The Hall–Kier alpha value is -2.73. The fourth-order valence-electron chi connectivity index (χ4n) is 2.73. The number of carbonyl (C=O) groups excluding carboxylic acids is 1. The molecule has 1 aromatic carbocycles. The maximum Gasteiger partial charge on any atom is 0.180 e. The van der Waals surface area contributed by atoms with Gasteiger partial charge in [0.25, 0.3) is 0 Å². The molecule has 0 aliphatic rings. The van der Waals surface area contributed by atoms with E-state index in [1.165, 1.54) is 0 Å². The first-order valence-corrected chi connectivity index (χ1v) is 8.32. The number of aromatic nitrogens is 3. The van der Waals surface area contributed by atoms with Crippen LogP contribution in [0.2, 0.25) is 0 Å². The number of carbonyl (C=O) groups is 1. The van der Waals surface area contributed by atoms with Gasteiger partial charge in [0, 0.05) is 23.5 Å². The number of nitrogens with one attached hydrogen (secondary N) is 1. The van der Waals surface area contributed by atoms with Gasteiger partial charge in [-0.1, -0.05) is 32.0 Å². The second-order valence-corrected chi connectivity index (χ2v) is 6.43. The highest BCUT2D eigenvalue weighted by Crippen LogP contribution is 2.25. The Morgan fingerprint density at radius 2 is 2.12 bits per heavy atom. The van der Waals surface area contributed by atoms with Gasteiger partial charge in [-0.3, -0.25) is 9.20 Å². The van der Waals surface area contributed by atoms with Gasteiger partial charge in [-0.25, -0.2) is 9.97 Å². The smallest absolute Gasteiger partial charge is 0.180 e. The third-order valence-corrected chi connectivity index (χ3v) is 4.32. The molecular formula is C19H22N4O2. The number of aliphatic hydroxyl groups excluding tert-OH is 1. The standard InChI is InChI=1S/C19H22N4O2/c1-12(2)16(11-24)22-18-19-21-10-17(23(19)8-7-20-18)15-6-4-5-14(9-15)13(3)25/h4-10,12,16,24H,11H2,1-3H3,(H,20,22). The lowest BCUT2D eigenvalue weighted by atomic mass is 10.1. The predicted molar refractivity (Wildman–Crippen MR) is 97.8 cm³/mol. The van der Waals surface area contributed by atoms with E-state index in [1.807, 2.05) is 42.6 Å². The van der Waals surface area contributed by atoms with Crippen LogP contribution in [0, 0.1) is 5.92 Å². The number of ketones is 1. The molecule has 2 heterocycles. The number of Topliss-reactive ketones (excluding diaryl/α,β-unsaturated/α-hetero) is 1. The summed E-state index contributed by atoms with van der Waals surface area (Å²) < 4.78 is 1.93. The van der Waals surface area contributed by atoms with Crippen molar-refractivity contribution < 1.29 is 9.90 Å². The third kappa shape index (κ3) is 3.39. The van der Waals surface area contributed by atoms with Crippen molar-refractivity contribution in [2.45, 2.75) is 26.8 Å². The molecule has 3 rings (SSSR count). The van der Waals surface area contributed by atoms with Gasteiger partial charge in [0.15, 0.2) is 17.2 Å².